The summed E-state index contributed by atoms with van der Waals surface area (Å²) in [5.41, 5.74) is 0. The molecule has 0 radical (unpaired) electrons. The van der Waals surface area contributed by atoms with Gasteiger partial charge in [0.2, 0.25) is 0 Å². The van der Waals surface area contributed by atoms with E-state index in [9.17, 15) is 5.11 Å². The average Bonchev–Trinajstić information content (AvgIpc) is 2.22. The summed E-state index contributed by atoms with van der Waals surface area (Å²) in [4.78, 5) is 0. The molecule has 2 rings (SSSR count). The predicted octanol–water partition coefficient (Wildman–Crippen LogP) is 2.79. The Morgan fingerprint density at radius 1 is 0.846 bits per heavy atom. The normalized spacial score (nSPS) is 8.77. The van der Waals surface area contributed by atoms with Gasteiger partial charge in [0.25, 0.3) is 0 Å². The average molecular weight is 170 g/mol. The first kappa shape index (κ1) is 9.15. The van der Waals surface area contributed by atoms with Crippen LogP contribution in [0.15, 0.2) is 42.5 Å². The van der Waals surface area contributed by atoms with E-state index in [1.54, 1.807) is 6.07 Å². The quantitative estimate of drug-likeness (QED) is 0.603. The molecule has 0 aliphatic heterocycles. The minimum Gasteiger partial charge on any atom is -0.507 e. The molecule has 0 saturated heterocycles. The third kappa shape index (κ3) is 1.80. The molecular weight excluding hydrogens is 160 g/mol. The van der Waals surface area contributed by atoms with Gasteiger partial charge in [-0.05, 0) is 11.5 Å². The van der Waals surface area contributed by atoms with Crippen molar-refractivity contribution in [3.05, 3.63) is 42.5 Å². The summed E-state index contributed by atoms with van der Waals surface area (Å²) in [5, 5.41) is 11.4. The molecule has 1 nitrogen and oxygen atoms in total. The van der Waals surface area contributed by atoms with Crippen molar-refractivity contribution in [2.75, 3.05) is 0 Å². The van der Waals surface area contributed by atoms with Gasteiger partial charge in [-0.2, -0.15) is 0 Å². The van der Waals surface area contributed by atoms with E-state index in [0.717, 1.165) is 10.8 Å². The van der Waals surface area contributed by atoms with Crippen molar-refractivity contribution in [1.82, 2.24) is 0 Å². The van der Waals surface area contributed by atoms with Gasteiger partial charge in [-0.3, -0.25) is 0 Å². The van der Waals surface area contributed by atoms with Crippen LogP contribution in [0.4, 0.5) is 0 Å². The van der Waals surface area contributed by atoms with E-state index >= 15 is 0 Å². The smallest absolute Gasteiger partial charge is 0.123 e. The van der Waals surface area contributed by atoms with Gasteiger partial charge in [-0.1, -0.05) is 36.4 Å². The maximum Gasteiger partial charge on any atom is 0.123 e. The minimum absolute atomic E-state index is 0.350. The number of aromatic hydroxyl groups is 1. The molecule has 2 aromatic rings. The van der Waals surface area contributed by atoms with Gasteiger partial charge in [0.15, 0.2) is 0 Å². The summed E-state index contributed by atoms with van der Waals surface area (Å²) in [6.45, 7) is 0. The second kappa shape index (κ2) is 4.18. The van der Waals surface area contributed by atoms with E-state index in [2.05, 4.69) is 12.8 Å². The monoisotopic (exact) mass is 170 g/mol. The molecule has 2 aromatic carbocycles. The summed E-state index contributed by atoms with van der Waals surface area (Å²) in [6.07, 6.45) is 8.00. The van der Waals surface area contributed by atoms with E-state index in [4.69, 9.17) is 0 Å². The molecule has 1 heteroatoms. The SMILES string of the molecule is C#C.Oc1cccc2ccccc12. The van der Waals surface area contributed by atoms with Gasteiger partial charge in [-0.25, -0.2) is 0 Å². The Bertz CT molecular complexity index is 410. The molecule has 64 valence electrons. The van der Waals surface area contributed by atoms with Crippen LogP contribution in [0.3, 0.4) is 0 Å². The zero-order valence-electron chi connectivity index (χ0n) is 7.14. The molecule has 0 aliphatic carbocycles. The van der Waals surface area contributed by atoms with Crippen molar-refractivity contribution in [2.24, 2.45) is 0 Å². The standard InChI is InChI=1S/C10H8O.C2H2/c11-10-7-3-5-8-4-1-2-6-9(8)10;1-2/h1-7,11H;1-2H. The highest BCUT2D eigenvalue weighted by Gasteiger charge is 1.94. The fraction of sp³-hybridized carbons (Fsp3) is 0. The molecule has 0 amide bonds. The van der Waals surface area contributed by atoms with Crippen molar-refractivity contribution in [1.29, 1.82) is 0 Å². The highest BCUT2D eigenvalue weighted by molar-refractivity contribution is 5.87. The Kier molecular flexibility index (Phi) is 2.94. The van der Waals surface area contributed by atoms with Crippen LogP contribution in [0.2, 0.25) is 0 Å². The molecule has 0 heterocycles. The molecule has 0 atom stereocenters. The Labute approximate surface area is 77.6 Å². The van der Waals surface area contributed by atoms with Gasteiger partial charge >= 0.3 is 0 Å². The first-order chi connectivity index (χ1) is 6.38. The fourth-order valence-electron chi connectivity index (χ4n) is 1.21. The lowest BCUT2D eigenvalue weighted by molar-refractivity contribution is 0.481. The van der Waals surface area contributed by atoms with Crippen molar-refractivity contribution in [3.8, 4) is 18.6 Å². The molecule has 1 N–H and O–H groups in total. The Morgan fingerprint density at radius 3 is 2.15 bits per heavy atom. The zero-order chi connectivity index (χ0) is 9.68. The maximum absolute atomic E-state index is 9.37. The van der Waals surface area contributed by atoms with Crippen LogP contribution >= 0.6 is 0 Å². The molecular formula is C12H10O. The first-order valence-corrected chi connectivity index (χ1v) is 3.88. The van der Waals surface area contributed by atoms with Crippen LogP contribution < -0.4 is 0 Å². The fourth-order valence-corrected chi connectivity index (χ4v) is 1.21. The first-order valence-electron chi connectivity index (χ1n) is 3.88. The van der Waals surface area contributed by atoms with Crippen LogP contribution in [0.1, 0.15) is 0 Å². The van der Waals surface area contributed by atoms with Gasteiger partial charge in [0.1, 0.15) is 5.75 Å². The highest BCUT2D eigenvalue weighted by Crippen LogP contribution is 2.22. The van der Waals surface area contributed by atoms with Crippen LogP contribution in [0.5, 0.6) is 5.75 Å². The summed E-state index contributed by atoms with van der Waals surface area (Å²) < 4.78 is 0. The number of phenols is 1. The van der Waals surface area contributed by atoms with Crippen molar-refractivity contribution in [2.45, 2.75) is 0 Å². The number of phenolic OH excluding ortho intramolecular Hbond substituents is 1. The Hall–Kier alpha value is -1.94. The molecule has 0 unspecified atom stereocenters. The largest absolute Gasteiger partial charge is 0.507 e. The third-order valence-corrected chi connectivity index (χ3v) is 1.77. The van der Waals surface area contributed by atoms with Gasteiger partial charge in [-0.15, -0.1) is 12.8 Å². The number of benzene rings is 2. The summed E-state index contributed by atoms with van der Waals surface area (Å²) in [7, 11) is 0. The summed E-state index contributed by atoms with van der Waals surface area (Å²) in [5.74, 6) is 0.350. The number of hydrogen-bond donors (Lipinski definition) is 1. The highest BCUT2D eigenvalue weighted by atomic mass is 16.3. The third-order valence-electron chi connectivity index (χ3n) is 1.77. The second-order valence-electron chi connectivity index (χ2n) is 2.50. The number of hydrogen-bond acceptors (Lipinski definition) is 1. The van der Waals surface area contributed by atoms with Crippen LogP contribution in [-0.2, 0) is 0 Å². The van der Waals surface area contributed by atoms with E-state index in [-0.39, 0.29) is 0 Å². The number of terminal acetylenes is 1. The summed E-state index contributed by atoms with van der Waals surface area (Å²) in [6, 6.07) is 13.3. The van der Waals surface area contributed by atoms with Crippen LogP contribution in [0, 0.1) is 12.8 Å². The van der Waals surface area contributed by atoms with Crippen molar-refractivity contribution in [3.63, 3.8) is 0 Å². The Balaban J connectivity index is 0.000000396. The lowest BCUT2D eigenvalue weighted by Crippen LogP contribution is -1.70. The van der Waals surface area contributed by atoms with Crippen molar-refractivity contribution < 1.29 is 5.11 Å². The predicted molar refractivity (Wildman–Crippen MR) is 55.5 cm³/mol. The van der Waals surface area contributed by atoms with Crippen LogP contribution in [0.25, 0.3) is 10.8 Å². The van der Waals surface area contributed by atoms with E-state index < -0.39 is 0 Å². The molecule has 0 saturated carbocycles. The van der Waals surface area contributed by atoms with E-state index in [1.165, 1.54) is 0 Å². The summed E-state index contributed by atoms with van der Waals surface area (Å²) >= 11 is 0. The van der Waals surface area contributed by atoms with Gasteiger partial charge in [0, 0.05) is 5.39 Å². The van der Waals surface area contributed by atoms with Crippen molar-refractivity contribution >= 4 is 10.8 Å². The molecule has 0 fully saturated rings. The lowest BCUT2D eigenvalue weighted by atomic mass is 10.1. The minimum atomic E-state index is 0.350. The lowest BCUT2D eigenvalue weighted by Gasteiger charge is -1.97. The van der Waals surface area contributed by atoms with Crippen LogP contribution in [-0.4, -0.2) is 5.11 Å². The second-order valence-corrected chi connectivity index (χ2v) is 2.50. The molecule has 0 aromatic heterocycles. The topological polar surface area (TPSA) is 20.2 Å². The molecule has 0 spiro atoms. The number of rotatable bonds is 0. The molecule has 0 aliphatic rings. The van der Waals surface area contributed by atoms with Gasteiger partial charge in [0.05, 0.1) is 0 Å². The van der Waals surface area contributed by atoms with Gasteiger partial charge < -0.3 is 5.11 Å². The maximum atomic E-state index is 9.37. The molecule has 13 heavy (non-hydrogen) atoms. The zero-order valence-corrected chi connectivity index (χ0v) is 7.14. The molecule has 0 bridgehead atoms. The van der Waals surface area contributed by atoms with E-state index in [0.29, 0.717) is 5.75 Å². The number of fused-ring (bicyclic) bond motifs is 1. The Morgan fingerprint density at radius 2 is 1.46 bits per heavy atom. The van der Waals surface area contributed by atoms with E-state index in [1.807, 2.05) is 36.4 Å².